The number of benzene rings is 1. The van der Waals surface area contributed by atoms with Gasteiger partial charge in [-0.15, -0.1) is 0 Å². The number of nitrogens with zero attached hydrogens (tertiary/aromatic N) is 1. The van der Waals surface area contributed by atoms with E-state index >= 15 is 0 Å². The summed E-state index contributed by atoms with van der Waals surface area (Å²) in [6, 6.07) is 8.69. The van der Waals surface area contributed by atoms with Gasteiger partial charge in [0, 0.05) is 18.2 Å². The molecule has 3 rings (SSSR count). The Morgan fingerprint density at radius 3 is 2.71 bits per heavy atom. The van der Waals surface area contributed by atoms with Crippen molar-refractivity contribution in [1.29, 1.82) is 0 Å². The first-order chi connectivity index (χ1) is 11.4. The number of fused-ring (bicyclic) bond motifs is 1. The molecule has 0 unspecified atom stereocenters. The van der Waals surface area contributed by atoms with Gasteiger partial charge < -0.3 is 18.9 Å². The Morgan fingerprint density at radius 1 is 1.21 bits per heavy atom. The minimum absolute atomic E-state index is 0.172. The van der Waals surface area contributed by atoms with Gasteiger partial charge in [-0.3, -0.25) is 4.79 Å². The third kappa shape index (κ3) is 3.33. The van der Waals surface area contributed by atoms with Crippen molar-refractivity contribution in [2.24, 2.45) is 0 Å². The highest BCUT2D eigenvalue weighted by molar-refractivity contribution is 6.03. The minimum atomic E-state index is -0.323. The van der Waals surface area contributed by atoms with Gasteiger partial charge in [-0.2, -0.15) is 0 Å². The van der Waals surface area contributed by atoms with Gasteiger partial charge in [-0.25, -0.2) is 4.98 Å². The summed E-state index contributed by atoms with van der Waals surface area (Å²) < 4.78 is 16.1. The first-order valence-electron chi connectivity index (χ1n) is 7.67. The average Bonchev–Trinajstić information content (AvgIpc) is 3.13. The van der Waals surface area contributed by atoms with Gasteiger partial charge in [0.2, 0.25) is 5.89 Å². The van der Waals surface area contributed by atoms with Gasteiger partial charge in [0.25, 0.3) is 5.91 Å². The Balaban J connectivity index is 1.80. The maximum Gasteiger partial charge on any atom is 0.291 e. The largest absolute Gasteiger partial charge is 0.453 e. The molecule has 0 fully saturated rings. The number of ether oxygens (including phenoxy) is 1. The number of oxazole rings is 1. The normalized spacial score (nSPS) is 11.8. The predicted molar refractivity (Wildman–Crippen MR) is 90.1 cm³/mol. The van der Waals surface area contributed by atoms with E-state index < -0.39 is 0 Å². The molecule has 0 aliphatic carbocycles. The van der Waals surface area contributed by atoms with E-state index in [9.17, 15) is 4.79 Å². The van der Waals surface area contributed by atoms with Crippen molar-refractivity contribution < 1.29 is 18.4 Å². The van der Waals surface area contributed by atoms with Crippen LogP contribution < -0.4 is 5.32 Å². The fourth-order valence-corrected chi connectivity index (χ4v) is 2.24. The summed E-state index contributed by atoms with van der Waals surface area (Å²) in [6.07, 6.45) is 0. The van der Waals surface area contributed by atoms with E-state index in [1.165, 1.54) is 0 Å². The van der Waals surface area contributed by atoms with Crippen LogP contribution in [0.2, 0.25) is 0 Å². The zero-order valence-electron chi connectivity index (χ0n) is 14.2. The fraction of sp³-hybridized carbons (Fsp3) is 0.333. The SMILES string of the molecule is COCc1ccc(C(=O)Nc2ccc3oc(C(C)(C)C)nc3c2)o1. The zero-order chi connectivity index (χ0) is 17.3. The number of furan rings is 1. The van der Waals surface area contributed by atoms with Crippen molar-refractivity contribution in [3.8, 4) is 0 Å². The maximum atomic E-state index is 12.2. The first-order valence-corrected chi connectivity index (χ1v) is 7.67. The van der Waals surface area contributed by atoms with Crippen molar-refractivity contribution in [2.75, 3.05) is 12.4 Å². The Labute approximate surface area is 139 Å². The molecule has 126 valence electrons. The van der Waals surface area contributed by atoms with Gasteiger partial charge in [0.05, 0.1) is 0 Å². The molecule has 2 aromatic heterocycles. The molecule has 6 nitrogen and oxygen atoms in total. The van der Waals surface area contributed by atoms with Gasteiger partial charge in [0.1, 0.15) is 17.9 Å². The summed E-state index contributed by atoms with van der Waals surface area (Å²) in [6.45, 7) is 6.44. The summed E-state index contributed by atoms with van der Waals surface area (Å²) in [7, 11) is 1.57. The summed E-state index contributed by atoms with van der Waals surface area (Å²) in [5.41, 5.74) is 1.86. The number of methoxy groups -OCH3 is 1. The Hall–Kier alpha value is -2.60. The van der Waals surface area contributed by atoms with Crippen LogP contribution in [-0.4, -0.2) is 18.0 Å². The van der Waals surface area contributed by atoms with E-state index in [0.29, 0.717) is 35.0 Å². The number of hydrogen-bond donors (Lipinski definition) is 1. The van der Waals surface area contributed by atoms with Gasteiger partial charge in [-0.1, -0.05) is 20.8 Å². The van der Waals surface area contributed by atoms with Crippen LogP contribution >= 0.6 is 0 Å². The molecule has 1 aromatic carbocycles. The summed E-state index contributed by atoms with van der Waals surface area (Å²) in [4.78, 5) is 16.7. The number of amides is 1. The van der Waals surface area contributed by atoms with Crippen LogP contribution in [0.4, 0.5) is 5.69 Å². The van der Waals surface area contributed by atoms with Gasteiger partial charge >= 0.3 is 0 Å². The lowest BCUT2D eigenvalue weighted by Gasteiger charge is -2.11. The Bertz CT molecular complexity index is 871. The molecule has 0 spiro atoms. The van der Waals surface area contributed by atoms with Crippen LogP contribution in [0.25, 0.3) is 11.1 Å². The minimum Gasteiger partial charge on any atom is -0.453 e. The van der Waals surface area contributed by atoms with Crippen LogP contribution in [0.5, 0.6) is 0 Å². The molecular weight excluding hydrogens is 308 g/mol. The van der Waals surface area contributed by atoms with E-state index in [1.54, 1.807) is 37.4 Å². The number of anilines is 1. The number of carbonyl (C=O) groups excluding carboxylic acids is 1. The second-order valence-corrected chi connectivity index (χ2v) is 6.60. The molecule has 6 heteroatoms. The molecule has 3 aromatic rings. The van der Waals surface area contributed by atoms with Crippen LogP contribution in [-0.2, 0) is 16.8 Å². The van der Waals surface area contributed by atoms with Crippen molar-refractivity contribution in [3.63, 3.8) is 0 Å². The van der Waals surface area contributed by atoms with E-state index in [-0.39, 0.29) is 17.1 Å². The number of rotatable bonds is 4. The number of nitrogens with one attached hydrogen (secondary N) is 1. The molecule has 0 radical (unpaired) electrons. The molecule has 0 aliphatic rings. The Morgan fingerprint density at radius 2 is 2.00 bits per heavy atom. The molecule has 0 bridgehead atoms. The molecule has 0 saturated heterocycles. The standard InChI is InChI=1S/C18H20N2O4/c1-18(2,3)17-20-13-9-11(5-7-14(13)24-17)19-16(21)15-8-6-12(23-15)10-22-4/h5-9H,10H2,1-4H3,(H,19,21). The topological polar surface area (TPSA) is 77.5 Å². The van der Waals surface area contributed by atoms with Crippen LogP contribution in [0.3, 0.4) is 0 Å². The monoisotopic (exact) mass is 328 g/mol. The molecule has 1 N–H and O–H groups in total. The number of hydrogen-bond acceptors (Lipinski definition) is 5. The highest BCUT2D eigenvalue weighted by Gasteiger charge is 2.21. The van der Waals surface area contributed by atoms with E-state index in [4.69, 9.17) is 13.6 Å². The lowest BCUT2D eigenvalue weighted by molar-refractivity contribution is 0.0987. The van der Waals surface area contributed by atoms with Crippen LogP contribution in [0, 0.1) is 0 Å². The number of carbonyl (C=O) groups is 1. The van der Waals surface area contributed by atoms with E-state index in [1.807, 2.05) is 20.8 Å². The maximum absolute atomic E-state index is 12.2. The summed E-state index contributed by atoms with van der Waals surface area (Å²) >= 11 is 0. The molecule has 1 amide bonds. The van der Waals surface area contributed by atoms with Crippen molar-refractivity contribution in [3.05, 3.63) is 47.7 Å². The second-order valence-electron chi connectivity index (χ2n) is 6.60. The second kappa shape index (κ2) is 6.13. The lowest BCUT2D eigenvalue weighted by Crippen LogP contribution is -2.11. The van der Waals surface area contributed by atoms with Crippen molar-refractivity contribution in [2.45, 2.75) is 32.8 Å². The van der Waals surface area contributed by atoms with Gasteiger partial charge in [-0.05, 0) is 30.3 Å². The number of aromatic nitrogens is 1. The molecule has 24 heavy (non-hydrogen) atoms. The summed E-state index contributed by atoms with van der Waals surface area (Å²) in [5, 5.41) is 2.80. The quantitative estimate of drug-likeness (QED) is 0.779. The smallest absolute Gasteiger partial charge is 0.291 e. The predicted octanol–water partition coefficient (Wildman–Crippen LogP) is 4.12. The fourth-order valence-electron chi connectivity index (χ4n) is 2.24. The molecule has 0 saturated carbocycles. The summed E-state index contributed by atoms with van der Waals surface area (Å²) in [5.74, 6) is 1.18. The van der Waals surface area contributed by atoms with Gasteiger partial charge in [0.15, 0.2) is 11.3 Å². The van der Waals surface area contributed by atoms with E-state index in [2.05, 4.69) is 10.3 Å². The molecule has 2 heterocycles. The van der Waals surface area contributed by atoms with E-state index in [0.717, 1.165) is 0 Å². The first kappa shape index (κ1) is 16.3. The Kier molecular flexibility index (Phi) is 4.15. The molecular formula is C18H20N2O4. The highest BCUT2D eigenvalue weighted by Crippen LogP contribution is 2.27. The van der Waals surface area contributed by atoms with Crippen LogP contribution in [0.15, 0.2) is 39.2 Å². The van der Waals surface area contributed by atoms with Crippen molar-refractivity contribution in [1.82, 2.24) is 4.98 Å². The highest BCUT2D eigenvalue weighted by atomic mass is 16.5. The zero-order valence-corrected chi connectivity index (χ0v) is 14.2. The lowest BCUT2D eigenvalue weighted by atomic mass is 9.97. The van der Waals surface area contributed by atoms with Crippen molar-refractivity contribution >= 4 is 22.7 Å². The molecule has 0 aliphatic heterocycles. The third-order valence-corrected chi connectivity index (χ3v) is 3.46. The molecule has 0 atom stereocenters. The third-order valence-electron chi connectivity index (χ3n) is 3.46. The van der Waals surface area contributed by atoms with Crippen LogP contribution in [0.1, 0.15) is 43.0 Å². The average molecular weight is 328 g/mol.